The fourth-order valence-corrected chi connectivity index (χ4v) is 4.00. The third-order valence-electron chi connectivity index (χ3n) is 3.49. The molecular weight excluding hydrogens is 308 g/mol. The number of anilines is 1. The molecule has 1 saturated heterocycles. The predicted molar refractivity (Wildman–Crippen MR) is 85.7 cm³/mol. The minimum Gasteiger partial charge on any atom is -0.370 e. The van der Waals surface area contributed by atoms with Crippen molar-refractivity contribution in [3.63, 3.8) is 0 Å². The molecule has 0 aliphatic carbocycles. The standard InChI is InChI=1S/C14H21BrN2S/c1-10-9-17(6-7-18-10)12-4-5-13(11(2)16-3)14(15)8-12/h4-5,8,10-11,16H,6-7,9H2,1-3H3. The molecule has 18 heavy (non-hydrogen) atoms. The van der Waals surface area contributed by atoms with Crippen LogP contribution in [0.4, 0.5) is 5.69 Å². The van der Waals surface area contributed by atoms with Crippen LogP contribution < -0.4 is 10.2 Å². The number of benzene rings is 1. The van der Waals surface area contributed by atoms with Gasteiger partial charge in [0.05, 0.1) is 0 Å². The molecule has 0 spiro atoms. The molecule has 0 bridgehead atoms. The summed E-state index contributed by atoms with van der Waals surface area (Å²) in [6.07, 6.45) is 0. The van der Waals surface area contributed by atoms with E-state index in [1.165, 1.54) is 21.5 Å². The average Bonchev–Trinajstić information content (AvgIpc) is 2.37. The number of nitrogens with one attached hydrogen (secondary N) is 1. The first-order chi connectivity index (χ1) is 8.61. The number of nitrogens with zero attached hydrogens (tertiary/aromatic N) is 1. The first-order valence-electron chi connectivity index (χ1n) is 6.45. The number of rotatable bonds is 3. The maximum Gasteiger partial charge on any atom is 0.0378 e. The van der Waals surface area contributed by atoms with Gasteiger partial charge in [-0.05, 0) is 31.7 Å². The molecule has 1 aromatic rings. The van der Waals surface area contributed by atoms with E-state index in [-0.39, 0.29) is 0 Å². The fourth-order valence-electron chi connectivity index (χ4n) is 2.27. The number of hydrogen-bond donors (Lipinski definition) is 1. The van der Waals surface area contributed by atoms with Crippen LogP contribution in [0.1, 0.15) is 25.5 Å². The third kappa shape index (κ3) is 3.22. The van der Waals surface area contributed by atoms with Gasteiger partial charge in [-0.3, -0.25) is 0 Å². The summed E-state index contributed by atoms with van der Waals surface area (Å²) in [7, 11) is 1.99. The summed E-state index contributed by atoms with van der Waals surface area (Å²) in [5, 5.41) is 4.01. The molecule has 4 heteroatoms. The van der Waals surface area contributed by atoms with Crippen molar-refractivity contribution < 1.29 is 0 Å². The Morgan fingerprint density at radius 1 is 1.50 bits per heavy atom. The number of halogens is 1. The molecule has 1 aromatic carbocycles. The van der Waals surface area contributed by atoms with Gasteiger partial charge in [-0.1, -0.05) is 28.9 Å². The van der Waals surface area contributed by atoms with E-state index in [1.807, 2.05) is 7.05 Å². The Hall–Kier alpha value is -0.190. The second-order valence-electron chi connectivity index (χ2n) is 4.84. The Labute approximate surface area is 123 Å². The highest BCUT2D eigenvalue weighted by Gasteiger charge is 2.18. The molecule has 0 saturated carbocycles. The minimum atomic E-state index is 0.379. The van der Waals surface area contributed by atoms with Gasteiger partial charge < -0.3 is 10.2 Å². The SMILES string of the molecule is CNC(C)c1ccc(N2CCSC(C)C2)cc1Br. The summed E-state index contributed by atoms with van der Waals surface area (Å²) < 4.78 is 1.20. The summed E-state index contributed by atoms with van der Waals surface area (Å²) in [4.78, 5) is 2.49. The zero-order chi connectivity index (χ0) is 13.1. The topological polar surface area (TPSA) is 15.3 Å². The summed E-state index contributed by atoms with van der Waals surface area (Å²) in [6.45, 7) is 6.79. The summed E-state index contributed by atoms with van der Waals surface area (Å²) in [6, 6.07) is 7.11. The van der Waals surface area contributed by atoms with Crippen LogP contribution in [0.3, 0.4) is 0 Å². The fraction of sp³-hybridized carbons (Fsp3) is 0.571. The molecule has 1 aliphatic heterocycles. The van der Waals surface area contributed by atoms with Crippen LogP contribution in [0.2, 0.25) is 0 Å². The molecule has 1 fully saturated rings. The van der Waals surface area contributed by atoms with Crippen LogP contribution in [0.15, 0.2) is 22.7 Å². The van der Waals surface area contributed by atoms with Gasteiger partial charge in [-0.2, -0.15) is 11.8 Å². The van der Waals surface area contributed by atoms with Crippen LogP contribution in [-0.4, -0.2) is 31.1 Å². The zero-order valence-corrected chi connectivity index (χ0v) is 13.6. The second-order valence-corrected chi connectivity index (χ2v) is 7.24. The summed E-state index contributed by atoms with van der Waals surface area (Å²) >= 11 is 5.77. The Morgan fingerprint density at radius 2 is 2.28 bits per heavy atom. The van der Waals surface area contributed by atoms with Crippen molar-refractivity contribution in [3.8, 4) is 0 Å². The largest absolute Gasteiger partial charge is 0.370 e. The van der Waals surface area contributed by atoms with E-state index in [0.717, 1.165) is 18.3 Å². The molecule has 2 unspecified atom stereocenters. The number of thioether (sulfide) groups is 1. The van der Waals surface area contributed by atoms with E-state index in [2.05, 4.69) is 70.0 Å². The van der Waals surface area contributed by atoms with Gasteiger partial charge in [0.25, 0.3) is 0 Å². The molecule has 0 amide bonds. The van der Waals surface area contributed by atoms with Crippen molar-refractivity contribution in [2.75, 3.05) is 30.8 Å². The minimum absolute atomic E-state index is 0.379. The summed E-state index contributed by atoms with van der Waals surface area (Å²) in [5.41, 5.74) is 2.65. The first kappa shape index (κ1) is 14.2. The molecule has 1 aliphatic rings. The monoisotopic (exact) mass is 328 g/mol. The van der Waals surface area contributed by atoms with E-state index >= 15 is 0 Å². The lowest BCUT2D eigenvalue weighted by molar-refractivity contribution is 0.649. The number of hydrogen-bond acceptors (Lipinski definition) is 3. The van der Waals surface area contributed by atoms with E-state index in [1.54, 1.807) is 0 Å². The first-order valence-corrected chi connectivity index (χ1v) is 8.29. The zero-order valence-electron chi connectivity index (χ0n) is 11.2. The normalized spacial score (nSPS) is 22.0. The smallest absolute Gasteiger partial charge is 0.0378 e. The van der Waals surface area contributed by atoms with Gasteiger partial charge in [-0.15, -0.1) is 0 Å². The van der Waals surface area contributed by atoms with Crippen molar-refractivity contribution in [3.05, 3.63) is 28.2 Å². The van der Waals surface area contributed by atoms with Crippen LogP contribution in [0, 0.1) is 0 Å². The van der Waals surface area contributed by atoms with Crippen LogP contribution in [0.5, 0.6) is 0 Å². The lowest BCUT2D eigenvalue weighted by atomic mass is 10.1. The van der Waals surface area contributed by atoms with Crippen molar-refractivity contribution in [1.82, 2.24) is 5.32 Å². The van der Waals surface area contributed by atoms with E-state index in [0.29, 0.717) is 6.04 Å². The Bertz CT molecular complexity index is 411. The highest BCUT2D eigenvalue weighted by Crippen LogP contribution is 2.30. The molecule has 0 aromatic heterocycles. The average molecular weight is 329 g/mol. The van der Waals surface area contributed by atoms with Gasteiger partial charge >= 0.3 is 0 Å². The van der Waals surface area contributed by atoms with E-state index in [9.17, 15) is 0 Å². The van der Waals surface area contributed by atoms with Crippen molar-refractivity contribution in [2.24, 2.45) is 0 Å². The lowest BCUT2D eigenvalue weighted by Crippen LogP contribution is -2.36. The summed E-state index contributed by atoms with van der Waals surface area (Å²) in [5.74, 6) is 1.23. The Morgan fingerprint density at radius 3 is 2.89 bits per heavy atom. The third-order valence-corrected chi connectivity index (χ3v) is 5.31. The van der Waals surface area contributed by atoms with E-state index < -0.39 is 0 Å². The predicted octanol–water partition coefficient (Wildman–Crippen LogP) is 3.67. The maximum atomic E-state index is 3.70. The highest BCUT2D eigenvalue weighted by atomic mass is 79.9. The Balaban J connectivity index is 2.17. The molecule has 0 radical (unpaired) electrons. The van der Waals surface area contributed by atoms with Gasteiger partial charge in [0.15, 0.2) is 0 Å². The molecule has 100 valence electrons. The van der Waals surface area contributed by atoms with Crippen molar-refractivity contribution in [1.29, 1.82) is 0 Å². The van der Waals surface area contributed by atoms with E-state index in [4.69, 9.17) is 0 Å². The maximum absolute atomic E-state index is 3.70. The quantitative estimate of drug-likeness (QED) is 0.911. The van der Waals surface area contributed by atoms with Gasteiger partial charge in [0, 0.05) is 40.3 Å². The van der Waals surface area contributed by atoms with Gasteiger partial charge in [0.1, 0.15) is 0 Å². The molecule has 1 heterocycles. The van der Waals surface area contributed by atoms with Crippen molar-refractivity contribution >= 4 is 33.4 Å². The second kappa shape index (κ2) is 6.31. The van der Waals surface area contributed by atoms with Gasteiger partial charge in [-0.25, -0.2) is 0 Å². The van der Waals surface area contributed by atoms with Crippen LogP contribution in [0.25, 0.3) is 0 Å². The molecule has 2 rings (SSSR count). The Kier molecular flexibility index (Phi) is 4.98. The van der Waals surface area contributed by atoms with Crippen LogP contribution >= 0.6 is 27.7 Å². The van der Waals surface area contributed by atoms with Gasteiger partial charge in [0.2, 0.25) is 0 Å². The van der Waals surface area contributed by atoms with Crippen LogP contribution in [-0.2, 0) is 0 Å². The molecule has 2 atom stereocenters. The lowest BCUT2D eigenvalue weighted by Gasteiger charge is -2.33. The van der Waals surface area contributed by atoms with Crippen molar-refractivity contribution in [2.45, 2.75) is 25.1 Å². The highest BCUT2D eigenvalue weighted by molar-refractivity contribution is 9.10. The molecular formula is C14H21BrN2S. The molecule has 1 N–H and O–H groups in total. The molecule has 2 nitrogen and oxygen atoms in total.